The Morgan fingerprint density at radius 3 is 2.93 bits per heavy atom. The van der Waals surface area contributed by atoms with Crippen LogP contribution in [-0.4, -0.2) is 28.4 Å². The fraction of sp³-hybridized carbons (Fsp3) is 0.304. The standard InChI is InChI=1S/C23H23ClN2O2S/c1-16-25-19(15-29-16)14-28-21-9-4-7-18(13-21)23(27)26-11-5-8-20(26)12-17-6-2-3-10-22(17)24/h2-4,6-7,9-10,13,15,20H,5,8,11-12,14H2,1H3. The van der Waals surface area contributed by atoms with Gasteiger partial charge in [0.25, 0.3) is 5.91 Å². The van der Waals surface area contributed by atoms with Crippen molar-refractivity contribution in [1.29, 1.82) is 0 Å². The highest BCUT2D eigenvalue weighted by Crippen LogP contribution is 2.27. The van der Waals surface area contributed by atoms with Gasteiger partial charge in [0.05, 0.1) is 10.7 Å². The number of nitrogens with zero attached hydrogens (tertiary/aromatic N) is 2. The molecule has 1 fully saturated rings. The number of hydrogen-bond donors (Lipinski definition) is 0. The number of likely N-dealkylation sites (tertiary alicyclic amines) is 1. The second-order valence-corrected chi connectivity index (χ2v) is 8.73. The van der Waals surface area contributed by atoms with Crippen LogP contribution < -0.4 is 4.74 Å². The average molecular weight is 427 g/mol. The van der Waals surface area contributed by atoms with E-state index in [0.717, 1.165) is 47.1 Å². The Bertz CT molecular complexity index is 1000. The highest BCUT2D eigenvalue weighted by Gasteiger charge is 2.30. The van der Waals surface area contributed by atoms with Gasteiger partial charge in [0, 0.05) is 28.6 Å². The van der Waals surface area contributed by atoms with Crippen LogP contribution in [0.2, 0.25) is 5.02 Å². The molecule has 1 saturated heterocycles. The van der Waals surface area contributed by atoms with E-state index in [1.165, 1.54) is 0 Å². The fourth-order valence-corrected chi connectivity index (χ4v) is 4.56. The van der Waals surface area contributed by atoms with E-state index in [4.69, 9.17) is 16.3 Å². The lowest BCUT2D eigenvalue weighted by atomic mass is 10.0. The Balaban J connectivity index is 1.44. The van der Waals surface area contributed by atoms with Gasteiger partial charge in [0.15, 0.2) is 0 Å². The van der Waals surface area contributed by atoms with Gasteiger partial charge in [-0.05, 0) is 56.0 Å². The first-order valence-corrected chi connectivity index (χ1v) is 11.0. The molecule has 3 aromatic rings. The van der Waals surface area contributed by atoms with Crippen LogP contribution in [0.1, 0.15) is 39.5 Å². The van der Waals surface area contributed by atoms with Crippen molar-refractivity contribution < 1.29 is 9.53 Å². The first-order chi connectivity index (χ1) is 14.1. The molecule has 4 rings (SSSR count). The van der Waals surface area contributed by atoms with Gasteiger partial charge < -0.3 is 9.64 Å². The van der Waals surface area contributed by atoms with Crippen LogP contribution >= 0.6 is 22.9 Å². The summed E-state index contributed by atoms with van der Waals surface area (Å²) in [7, 11) is 0. The third kappa shape index (κ3) is 4.80. The SMILES string of the molecule is Cc1nc(COc2cccc(C(=O)N3CCCC3Cc3ccccc3Cl)c2)cs1. The molecular weight excluding hydrogens is 404 g/mol. The van der Waals surface area contributed by atoms with E-state index in [1.807, 2.05) is 65.7 Å². The predicted octanol–water partition coefficient (Wildman–Crippen LogP) is 5.53. The van der Waals surface area contributed by atoms with Crippen molar-refractivity contribution in [2.75, 3.05) is 6.54 Å². The molecule has 0 saturated carbocycles. The van der Waals surface area contributed by atoms with Crippen LogP contribution in [0.5, 0.6) is 5.75 Å². The third-order valence-electron chi connectivity index (χ3n) is 5.19. The lowest BCUT2D eigenvalue weighted by Gasteiger charge is -2.25. The molecule has 6 heteroatoms. The lowest BCUT2D eigenvalue weighted by molar-refractivity contribution is 0.0736. The Morgan fingerprint density at radius 2 is 2.14 bits per heavy atom. The van der Waals surface area contributed by atoms with Crippen LogP contribution in [0.4, 0.5) is 0 Å². The zero-order valence-corrected chi connectivity index (χ0v) is 17.9. The summed E-state index contributed by atoms with van der Waals surface area (Å²) in [5.41, 5.74) is 2.65. The van der Waals surface area contributed by atoms with Crippen molar-refractivity contribution >= 4 is 28.8 Å². The molecule has 0 spiro atoms. The summed E-state index contributed by atoms with van der Waals surface area (Å²) < 4.78 is 5.85. The van der Waals surface area contributed by atoms with Crippen LogP contribution in [0, 0.1) is 6.92 Å². The minimum absolute atomic E-state index is 0.0505. The average Bonchev–Trinajstić information content (AvgIpc) is 3.36. The number of hydrogen-bond acceptors (Lipinski definition) is 4. The molecule has 0 aliphatic carbocycles. The summed E-state index contributed by atoms with van der Waals surface area (Å²) in [6.45, 7) is 3.15. The van der Waals surface area contributed by atoms with Gasteiger partial charge in [0.1, 0.15) is 12.4 Å². The first kappa shape index (κ1) is 19.9. The number of carbonyl (C=O) groups excluding carboxylic acids is 1. The number of rotatable bonds is 6. The molecular formula is C23H23ClN2O2S. The van der Waals surface area contributed by atoms with Gasteiger partial charge in [-0.2, -0.15) is 0 Å². The number of benzene rings is 2. The number of ether oxygens (including phenoxy) is 1. The number of aromatic nitrogens is 1. The Morgan fingerprint density at radius 1 is 1.28 bits per heavy atom. The van der Waals surface area contributed by atoms with Crippen LogP contribution in [0.3, 0.4) is 0 Å². The zero-order valence-electron chi connectivity index (χ0n) is 16.3. The van der Waals surface area contributed by atoms with E-state index in [2.05, 4.69) is 4.98 Å². The molecule has 29 heavy (non-hydrogen) atoms. The fourth-order valence-electron chi connectivity index (χ4n) is 3.75. The highest BCUT2D eigenvalue weighted by atomic mass is 35.5. The minimum Gasteiger partial charge on any atom is -0.487 e. The maximum absolute atomic E-state index is 13.2. The van der Waals surface area contributed by atoms with E-state index in [-0.39, 0.29) is 11.9 Å². The molecule has 2 heterocycles. The van der Waals surface area contributed by atoms with E-state index in [1.54, 1.807) is 11.3 Å². The molecule has 0 radical (unpaired) electrons. The van der Waals surface area contributed by atoms with Gasteiger partial charge >= 0.3 is 0 Å². The molecule has 1 unspecified atom stereocenters. The van der Waals surface area contributed by atoms with Crippen molar-refractivity contribution in [3.05, 3.63) is 80.8 Å². The molecule has 1 aliphatic heterocycles. The molecule has 150 valence electrons. The van der Waals surface area contributed by atoms with Gasteiger partial charge in [-0.25, -0.2) is 4.98 Å². The van der Waals surface area contributed by atoms with Gasteiger partial charge in [0.2, 0.25) is 0 Å². The molecule has 0 N–H and O–H groups in total. The number of thiazole rings is 1. The number of carbonyl (C=O) groups is 1. The van der Waals surface area contributed by atoms with E-state index in [0.29, 0.717) is 17.9 Å². The van der Waals surface area contributed by atoms with Gasteiger partial charge in [-0.3, -0.25) is 4.79 Å². The summed E-state index contributed by atoms with van der Waals surface area (Å²) in [6.07, 6.45) is 2.79. The van der Waals surface area contributed by atoms with Crippen LogP contribution in [0.25, 0.3) is 0 Å². The maximum Gasteiger partial charge on any atom is 0.254 e. The molecule has 2 aromatic carbocycles. The van der Waals surface area contributed by atoms with E-state index >= 15 is 0 Å². The monoisotopic (exact) mass is 426 g/mol. The number of aryl methyl sites for hydroxylation is 1. The van der Waals surface area contributed by atoms with Crippen LogP contribution in [-0.2, 0) is 13.0 Å². The molecule has 4 nitrogen and oxygen atoms in total. The summed E-state index contributed by atoms with van der Waals surface area (Å²) in [5, 5.41) is 3.78. The van der Waals surface area contributed by atoms with E-state index < -0.39 is 0 Å². The summed E-state index contributed by atoms with van der Waals surface area (Å²) in [6, 6.07) is 15.5. The van der Waals surface area contributed by atoms with Gasteiger partial charge in [-0.1, -0.05) is 35.9 Å². The Labute approximate surface area is 180 Å². The maximum atomic E-state index is 13.2. The number of halogens is 1. The molecule has 1 aromatic heterocycles. The smallest absolute Gasteiger partial charge is 0.254 e. The Kier molecular flexibility index (Phi) is 6.16. The quantitative estimate of drug-likeness (QED) is 0.520. The predicted molar refractivity (Wildman–Crippen MR) is 117 cm³/mol. The third-order valence-corrected chi connectivity index (χ3v) is 6.38. The van der Waals surface area contributed by atoms with Crippen molar-refractivity contribution in [2.45, 2.75) is 38.8 Å². The van der Waals surface area contributed by atoms with Crippen LogP contribution in [0.15, 0.2) is 53.9 Å². The van der Waals surface area contributed by atoms with Gasteiger partial charge in [-0.15, -0.1) is 11.3 Å². The molecule has 1 amide bonds. The first-order valence-electron chi connectivity index (χ1n) is 9.78. The molecule has 1 atom stereocenters. The number of amides is 1. The lowest BCUT2D eigenvalue weighted by Crippen LogP contribution is -2.36. The second-order valence-electron chi connectivity index (χ2n) is 7.26. The normalized spacial score (nSPS) is 16.2. The zero-order chi connectivity index (χ0) is 20.2. The van der Waals surface area contributed by atoms with E-state index in [9.17, 15) is 4.79 Å². The summed E-state index contributed by atoms with van der Waals surface area (Å²) in [4.78, 5) is 19.6. The highest BCUT2D eigenvalue weighted by molar-refractivity contribution is 7.09. The van der Waals surface area contributed by atoms with Crippen molar-refractivity contribution in [3.63, 3.8) is 0 Å². The van der Waals surface area contributed by atoms with Crippen molar-refractivity contribution in [1.82, 2.24) is 9.88 Å². The minimum atomic E-state index is 0.0505. The van der Waals surface area contributed by atoms with Crippen molar-refractivity contribution in [2.24, 2.45) is 0 Å². The largest absolute Gasteiger partial charge is 0.487 e. The Hall–Kier alpha value is -2.37. The summed E-state index contributed by atoms with van der Waals surface area (Å²) in [5.74, 6) is 0.734. The van der Waals surface area contributed by atoms with Crippen molar-refractivity contribution in [3.8, 4) is 5.75 Å². The second kappa shape index (κ2) is 8.97. The molecule has 0 bridgehead atoms. The topological polar surface area (TPSA) is 42.4 Å². The molecule has 1 aliphatic rings. The summed E-state index contributed by atoms with van der Waals surface area (Å²) >= 11 is 7.94.